The average molecular weight is 389 g/mol. The van der Waals surface area contributed by atoms with E-state index in [2.05, 4.69) is 9.47 Å². The van der Waals surface area contributed by atoms with Crippen molar-refractivity contribution in [1.29, 1.82) is 0 Å². The van der Waals surface area contributed by atoms with Crippen LogP contribution in [0.5, 0.6) is 0 Å². The summed E-state index contributed by atoms with van der Waals surface area (Å²) in [7, 11) is 1.57. The number of nitrogens with one attached hydrogen (secondary N) is 1. The standard InChI is InChI=1S/C15H17F6NO4/c1-6(2)5-7-8(12(23)25-3)10(14(16,17)18)22-11(15(19,20)21)9(7)13(24)26-4/h6,10,22H,5H2,1-4H3. The van der Waals surface area contributed by atoms with E-state index in [0.717, 1.165) is 14.2 Å². The molecule has 11 heteroatoms. The summed E-state index contributed by atoms with van der Waals surface area (Å²) in [6, 6.07) is -2.98. The second-order valence-corrected chi connectivity index (χ2v) is 5.84. The maximum Gasteiger partial charge on any atom is 0.431 e. The van der Waals surface area contributed by atoms with Gasteiger partial charge in [-0.15, -0.1) is 0 Å². The molecule has 0 aromatic heterocycles. The van der Waals surface area contributed by atoms with E-state index in [1.165, 1.54) is 19.2 Å². The third-order valence-corrected chi connectivity index (χ3v) is 3.47. The van der Waals surface area contributed by atoms with E-state index in [1.54, 1.807) is 0 Å². The van der Waals surface area contributed by atoms with Gasteiger partial charge in [0.15, 0.2) is 6.04 Å². The van der Waals surface area contributed by atoms with Gasteiger partial charge in [0.2, 0.25) is 0 Å². The zero-order valence-electron chi connectivity index (χ0n) is 14.3. The van der Waals surface area contributed by atoms with E-state index >= 15 is 0 Å². The highest BCUT2D eigenvalue weighted by atomic mass is 19.4. The fourth-order valence-electron chi connectivity index (χ4n) is 2.52. The Labute approximate surface area is 145 Å². The lowest BCUT2D eigenvalue weighted by Crippen LogP contribution is -2.52. The topological polar surface area (TPSA) is 64.6 Å². The summed E-state index contributed by atoms with van der Waals surface area (Å²) in [6.45, 7) is 3.02. The van der Waals surface area contributed by atoms with Crippen LogP contribution < -0.4 is 5.32 Å². The molecule has 26 heavy (non-hydrogen) atoms. The van der Waals surface area contributed by atoms with Gasteiger partial charge in [-0.2, -0.15) is 26.3 Å². The number of methoxy groups -OCH3 is 2. The quantitative estimate of drug-likeness (QED) is 0.592. The molecule has 0 aromatic carbocycles. The molecule has 0 saturated carbocycles. The summed E-state index contributed by atoms with van der Waals surface area (Å²) in [5, 5.41) is 1.24. The van der Waals surface area contributed by atoms with Crippen molar-refractivity contribution in [2.45, 2.75) is 38.7 Å². The molecule has 5 nitrogen and oxygen atoms in total. The van der Waals surface area contributed by atoms with Gasteiger partial charge in [0.05, 0.1) is 25.4 Å². The highest BCUT2D eigenvalue weighted by Gasteiger charge is 2.54. The number of carbonyl (C=O) groups excluding carboxylic acids is 2. The minimum Gasteiger partial charge on any atom is -0.466 e. The Balaban J connectivity index is 3.92. The SMILES string of the molecule is COC(=O)C1=C(C(F)(F)F)NC(C(F)(F)F)C(C(=O)OC)=C1CC(C)C. The summed E-state index contributed by atoms with van der Waals surface area (Å²) in [4.78, 5) is 23.9. The predicted octanol–water partition coefficient (Wildman–Crippen LogP) is 3.03. The Morgan fingerprint density at radius 1 is 1.04 bits per heavy atom. The normalized spacial score (nSPS) is 18.8. The maximum absolute atomic E-state index is 13.4. The summed E-state index contributed by atoms with van der Waals surface area (Å²) in [5.74, 6) is -3.47. The van der Waals surface area contributed by atoms with Crippen molar-refractivity contribution in [3.63, 3.8) is 0 Å². The molecule has 1 aliphatic heterocycles. The van der Waals surface area contributed by atoms with Gasteiger partial charge >= 0.3 is 24.3 Å². The first kappa shape index (κ1) is 21.8. The predicted molar refractivity (Wildman–Crippen MR) is 76.6 cm³/mol. The summed E-state index contributed by atoms with van der Waals surface area (Å²) >= 11 is 0. The number of hydrogen-bond donors (Lipinski definition) is 1. The Morgan fingerprint density at radius 3 is 1.88 bits per heavy atom. The molecule has 1 rings (SSSR count). The van der Waals surface area contributed by atoms with Crippen LogP contribution >= 0.6 is 0 Å². The maximum atomic E-state index is 13.4. The molecule has 0 radical (unpaired) electrons. The van der Waals surface area contributed by atoms with Crippen molar-refractivity contribution in [2.75, 3.05) is 14.2 Å². The van der Waals surface area contributed by atoms with Gasteiger partial charge in [0, 0.05) is 0 Å². The Hall–Kier alpha value is -2.20. The minimum absolute atomic E-state index is 0.400. The third-order valence-electron chi connectivity index (χ3n) is 3.47. The van der Waals surface area contributed by atoms with Crippen LogP contribution in [0.3, 0.4) is 0 Å². The van der Waals surface area contributed by atoms with Crippen molar-refractivity contribution in [3.8, 4) is 0 Å². The molecule has 1 aliphatic rings. The van der Waals surface area contributed by atoms with E-state index < -0.39 is 65.1 Å². The second-order valence-electron chi connectivity index (χ2n) is 5.84. The lowest BCUT2D eigenvalue weighted by atomic mass is 9.84. The molecule has 148 valence electrons. The minimum atomic E-state index is -5.31. The van der Waals surface area contributed by atoms with E-state index in [9.17, 15) is 35.9 Å². The fraction of sp³-hybridized carbons (Fsp3) is 0.600. The highest BCUT2D eigenvalue weighted by Crippen LogP contribution is 2.42. The zero-order chi connectivity index (χ0) is 20.4. The molecule has 0 aliphatic carbocycles. The molecule has 0 aromatic rings. The largest absolute Gasteiger partial charge is 0.466 e. The Bertz CT molecular complexity index is 646. The number of dihydropyridines is 1. The number of esters is 2. The molecule has 1 heterocycles. The van der Waals surface area contributed by atoms with Crippen molar-refractivity contribution in [2.24, 2.45) is 5.92 Å². The molecular weight excluding hydrogens is 372 g/mol. The van der Waals surface area contributed by atoms with Gasteiger partial charge in [-0.1, -0.05) is 13.8 Å². The van der Waals surface area contributed by atoms with E-state index in [-0.39, 0.29) is 0 Å². The van der Waals surface area contributed by atoms with Gasteiger partial charge < -0.3 is 14.8 Å². The second kappa shape index (κ2) is 7.58. The van der Waals surface area contributed by atoms with Crippen molar-refractivity contribution in [1.82, 2.24) is 5.32 Å². The number of halogens is 6. The number of ether oxygens (including phenoxy) is 2. The van der Waals surface area contributed by atoms with Gasteiger partial charge in [0.1, 0.15) is 5.70 Å². The van der Waals surface area contributed by atoms with Crippen LogP contribution in [0.2, 0.25) is 0 Å². The zero-order valence-corrected chi connectivity index (χ0v) is 14.3. The van der Waals surface area contributed by atoms with E-state index in [4.69, 9.17) is 0 Å². The highest BCUT2D eigenvalue weighted by molar-refractivity contribution is 6.01. The van der Waals surface area contributed by atoms with Crippen LogP contribution in [0.4, 0.5) is 26.3 Å². The van der Waals surface area contributed by atoms with Crippen LogP contribution in [-0.4, -0.2) is 44.6 Å². The molecule has 1 atom stereocenters. The van der Waals surface area contributed by atoms with Gasteiger partial charge in [-0.25, -0.2) is 9.59 Å². The summed E-state index contributed by atoms with van der Waals surface area (Å²) < 4.78 is 88.7. The van der Waals surface area contributed by atoms with Crippen LogP contribution in [0, 0.1) is 5.92 Å². The summed E-state index contributed by atoms with van der Waals surface area (Å²) in [6.07, 6.45) is -11.0. The molecular formula is C15H17F6NO4. The molecule has 0 spiro atoms. The number of hydrogen-bond acceptors (Lipinski definition) is 5. The fourth-order valence-corrected chi connectivity index (χ4v) is 2.52. The van der Waals surface area contributed by atoms with Crippen LogP contribution in [0.1, 0.15) is 20.3 Å². The van der Waals surface area contributed by atoms with Crippen LogP contribution in [0.15, 0.2) is 22.4 Å². The number of alkyl halides is 6. The molecule has 0 bridgehead atoms. The summed E-state index contributed by atoms with van der Waals surface area (Å²) in [5.41, 5.74) is -4.86. The number of rotatable bonds is 4. The Kier molecular flexibility index (Phi) is 6.37. The monoisotopic (exact) mass is 389 g/mol. The van der Waals surface area contributed by atoms with Crippen molar-refractivity contribution >= 4 is 11.9 Å². The first-order valence-corrected chi connectivity index (χ1v) is 7.30. The molecule has 1 N–H and O–H groups in total. The average Bonchev–Trinajstić information content (AvgIpc) is 2.49. The van der Waals surface area contributed by atoms with Crippen LogP contribution in [0.25, 0.3) is 0 Å². The molecule has 0 fully saturated rings. The molecule has 0 amide bonds. The van der Waals surface area contributed by atoms with Gasteiger partial charge in [-0.3, -0.25) is 0 Å². The number of carbonyl (C=O) groups is 2. The van der Waals surface area contributed by atoms with E-state index in [1.807, 2.05) is 0 Å². The van der Waals surface area contributed by atoms with Crippen molar-refractivity contribution < 1.29 is 45.4 Å². The van der Waals surface area contributed by atoms with Gasteiger partial charge in [0.25, 0.3) is 0 Å². The smallest absolute Gasteiger partial charge is 0.431 e. The van der Waals surface area contributed by atoms with Gasteiger partial charge in [-0.05, 0) is 17.9 Å². The van der Waals surface area contributed by atoms with Crippen molar-refractivity contribution in [3.05, 3.63) is 22.4 Å². The lowest BCUT2D eigenvalue weighted by molar-refractivity contribution is -0.161. The number of allylic oxidation sites excluding steroid dienone is 1. The first-order chi connectivity index (χ1) is 11.8. The molecule has 1 unspecified atom stereocenters. The van der Waals surface area contributed by atoms with E-state index in [0.29, 0.717) is 0 Å². The molecule has 0 saturated heterocycles. The Morgan fingerprint density at radius 2 is 1.54 bits per heavy atom. The first-order valence-electron chi connectivity index (χ1n) is 7.30. The third kappa shape index (κ3) is 4.50. The van der Waals surface area contributed by atoms with Crippen LogP contribution in [-0.2, 0) is 19.1 Å². The lowest BCUT2D eigenvalue weighted by Gasteiger charge is -2.34.